The summed E-state index contributed by atoms with van der Waals surface area (Å²) in [5, 5.41) is 0. The molecular formula is C21H20FN3O. The number of hydrogen-bond acceptors (Lipinski definition) is 2. The van der Waals surface area contributed by atoms with Crippen molar-refractivity contribution in [3.8, 4) is 0 Å². The molecule has 5 heteroatoms. The van der Waals surface area contributed by atoms with Crippen molar-refractivity contribution in [1.29, 1.82) is 0 Å². The van der Waals surface area contributed by atoms with E-state index in [1.807, 2.05) is 23.2 Å². The molecule has 0 bridgehead atoms. The van der Waals surface area contributed by atoms with E-state index in [-0.39, 0.29) is 11.7 Å². The molecule has 0 saturated heterocycles. The lowest BCUT2D eigenvalue weighted by molar-refractivity contribution is -0.130. The van der Waals surface area contributed by atoms with Crippen LogP contribution in [-0.2, 0) is 11.2 Å². The highest BCUT2D eigenvalue weighted by Gasteiger charge is 2.19. The van der Waals surface area contributed by atoms with E-state index in [9.17, 15) is 9.18 Å². The van der Waals surface area contributed by atoms with Gasteiger partial charge >= 0.3 is 0 Å². The zero-order chi connectivity index (χ0) is 17.9. The van der Waals surface area contributed by atoms with E-state index < -0.39 is 0 Å². The van der Waals surface area contributed by atoms with Crippen LogP contribution in [0.4, 0.5) is 4.39 Å². The number of pyridine rings is 1. The fourth-order valence-corrected chi connectivity index (χ4v) is 3.40. The van der Waals surface area contributed by atoms with Gasteiger partial charge in [0.15, 0.2) is 0 Å². The summed E-state index contributed by atoms with van der Waals surface area (Å²) in [5.74, 6) is -0.109. The maximum atomic E-state index is 12.9. The quantitative estimate of drug-likeness (QED) is 0.775. The van der Waals surface area contributed by atoms with Crippen LogP contribution in [0.5, 0.6) is 0 Å². The fourth-order valence-electron chi connectivity index (χ4n) is 3.40. The summed E-state index contributed by atoms with van der Waals surface area (Å²) in [6.07, 6.45) is 7.83. The van der Waals surface area contributed by atoms with Gasteiger partial charge in [-0.25, -0.2) is 4.39 Å². The number of halogens is 1. The number of aromatic nitrogens is 2. The molecule has 0 fully saturated rings. The zero-order valence-electron chi connectivity index (χ0n) is 14.4. The van der Waals surface area contributed by atoms with Crippen LogP contribution >= 0.6 is 0 Å². The van der Waals surface area contributed by atoms with Gasteiger partial charge in [0, 0.05) is 37.5 Å². The third-order valence-corrected chi connectivity index (χ3v) is 4.88. The fraction of sp³-hybridized carbons (Fsp3) is 0.238. The average Bonchev–Trinajstić information content (AvgIpc) is 3.11. The van der Waals surface area contributed by atoms with Gasteiger partial charge in [0.05, 0.1) is 11.0 Å². The maximum Gasteiger partial charge on any atom is 0.223 e. The van der Waals surface area contributed by atoms with Gasteiger partial charge in [-0.15, -0.1) is 0 Å². The van der Waals surface area contributed by atoms with Crippen molar-refractivity contribution in [1.82, 2.24) is 14.9 Å². The maximum absolute atomic E-state index is 12.9. The van der Waals surface area contributed by atoms with Crippen LogP contribution in [0.3, 0.4) is 0 Å². The number of hydrogen-bond donors (Lipinski definition) is 1. The van der Waals surface area contributed by atoms with Crippen LogP contribution in [0.25, 0.3) is 16.6 Å². The molecule has 0 aliphatic carbocycles. The lowest BCUT2D eigenvalue weighted by Gasteiger charge is -2.26. The molecule has 1 aliphatic rings. The molecule has 0 atom stereocenters. The van der Waals surface area contributed by atoms with Gasteiger partial charge in [-0.05, 0) is 48.2 Å². The molecule has 3 aromatic rings. The summed E-state index contributed by atoms with van der Waals surface area (Å²) >= 11 is 0. The molecule has 26 heavy (non-hydrogen) atoms. The number of H-pyrrole nitrogens is 1. The Balaban J connectivity index is 1.39. The predicted octanol–water partition coefficient (Wildman–Crippen LogP) is 3.95. The number of benzene rings is 1. The molecule has 1 amide bonds. The minimum atomic E-state index is -0.249. The van der Waals surface area contributed by atoms with E-state index in [4.69, 9.17) is 0 Å². The number of fused-ring (bicyclic) bond motifs is 1. The second kappa shape index (κ2) is 7.12. The second-order valence-electron chi connectivity index (χ2n) is 6.55. The summed E-state index contributed by atoms with van der Waals surface area (Å²) in [5.41, 5.74) is 5.35. The number of carbonyl (C=O) groups excluding carboxylic acids is 1. The van der Waals surface area contributed by atoms with Crippen LogP contribution in [0, 0.1) is 5.82 Å². The Hall–Kier alpha value is -2.95. The molecule has 132 valence electrons. The molecule has 0 spiro atoms. The van der Waals surface area contributed by atoms with Gasteiger partial charge in [0.2, 0.25) is 5.91 Å². The monoisotopic (exact) mass is 349 g/mol. The van der Waals surface area contributed by atoms with Crippen molar-refractivity contribution in [2.24, 2.45) is 0 Å². The molecule has 1 aliphatic heterocycles. The predicted molar refractivity (Wildman–Crippen MR) is 100.0 cm³/mol. The summed E-state index contributed by atoms with van der Waals surface area (Å²) < 4.78 is 12.9. The molecule has 0 radical (unpaired) electrons. The molecule has 1 aromatic carbocycles. The third-order valence-electron chi connectivity index (χ3n) is 4.88. The van der Waals surface area contributed by atoms with Gasteiger partial charge in [-0.2, -0.15) is 0 Å². The smallest absolute Gasteiger partial charge is 0.223 e. The van der Waals surface area contributed by atoms with E-state index in [2.05, 4.69) is 16.0 Å². The number of nitrogens with zero attached hydrogens (tertiary/aromatic N) is 2. The molecule has 0 saturated carbocycles. The van der Waals surface area contributed by atoms with Gasteiger partial charge in [0.1, 0.15) is 5.82 Å². The SMILES string of the molecule is O=C(CCc1ccc(F)cc1)N1CC=C(c2c[nH]c3cccnc23)CC1. The third kappa shape index (κ3) is 3.38. The summed E-state index contributed by atoms with van der Waals surface area (Å²) in [6.45, 7) is 1.34. The van der Waals surface area contributed by atoms with Crippen molar-refractivity contribution in [2.45, 2.75) is 19.3 Å². The number of amides is 1. The molecular weight excluding hydrogens is 329 g/mol. The Labute approximate surface area is 151 Å². The van der Waals surface area contributed by atoms with E-state index in [1.54, 1.807) is 18.3 Å². The molecule has 3 heterocycles. The van der Waals surface area contributed by atoms with Gasteiger partial charge < -0.3 is 9.88 Å². The van der Waals surface area contributed by atoms with Crippen molar-refractivity contribution in [2.75, 3.05) is 13.1 Å². The first-order valence-electron chi connectivity index (χ1n) is 8.84. The highest BCUT2D eigenvalue weighted by Crippen LogP contribution is 2.28. The summed E-state index contributed by atoms with van der Waals surface area (Å²) in [6, 6.07) is 10.3. The Bertz CT molecular complexity index is 959. The molecule has 1 N–H and O–H groups in total. The van der Waals surface area contributed by atoms with E-state index >= 15 is 0 Å². The van der Waals surface area contributed by atoms with Gasteiger partial charge in [-0.1, -0.05) is 18.2 Å². The Morgan fingerprint density at radius 3 is 2.85 bits per heavy atom. The van der Waals surface area contributed by atoms with E-state index in [1.165, 1.54) is 17.7 Å². The lowest BCUT2D eigenvalue weighted by Crippen LogP contribution is -2.34. The Morgan fingerprint density at radius 1 is 1.23 bits per heavy atom. The van der Waals surface area contributed by atoms with Crippen molar-refractivity contribution >= 4 is 22.5 Å². The molecule has 4 nitrogen and oxygen atoms in total. The van der Waals surface area contributed by atoms with Crippen LogP contribution < -0.4 is 0 Å². The minimum absolute atomic E-state index is 0.140. The highest BCUT2D eigenvalue weighted by molar-refractivity contribution is 5.90. The zero-order valence-corrected chi connectivity index (χ0v) is 14.4. The summed E-state index contributed by atoms with van der Waals surface area (Å²) in [4.78, 5) is 22.0. The number of aryl methyl sites for hydroxylation is 1. The largest absolute Gasteiger partial charge is 0.359 e. The number of nitrogens with one attached hydrogen (secondary N) is 1. The highest BCUT2D eigenvalue weighted by atomic mass is 19.1. The lowest BCUT2D eigenvalue weighted by atomic mass is 10.0. The van der Waals surface area contributed by atoms with Gasteiger partial charge in [-0.3, -0.25) is 9.78 Å². The topological polar surface area (TPSA) is 49.0 Å². The van der Waals surface area contributed by atoms with Gasteiger partial charge in [0.25, 0.3) is 0 Å². The first-order valence-corrected chi connectivity index (χ1v) is 8.84. The summed E-state index contributed by atoms with van der Waals surface area (Å²) in [7, 11) is 0. The molecule has 4 rings (SSSR count). The first-order chi connectivity index (χ1) is 12.7. The normalized spacial score (nSPS) is 14.5. The molecule has 2 aromatic heterocycles. The number of rotatable bonds is 4. The number of carbonyl (C=O) groups is 1. The first kappa shape index (κ1) is 16.5. The molecule has 0 unspecified atom stereocenters. The van der Waals surface area contributed by atoms with Crippen molar-refractivity contribution < 1.29 is 9.18 Å². The average molecular weight is 349 g/mol. The Morgan fingerprint density at radius 2 is 2.08 bits per heavy atom. The van der Waals surface area contributed by atoms with Crippen LogP contribution in [0.1, 0.15) is 24.0 Å². The van der Waals surface area contributed by atoms with Crippen molar-refractivity contribution in [3.63, 3.8) is 0 Å². The second-order valence-corrected chi connectivity index (χ2v) is 6.55. The minimum Gasteiger partial charge on any atom is -0.359 e. The van der Waals surface area contributed by atoms with E-state index in [0.717, 1.165) is 28.6 Å². The Kier molecular flexibility index (Phi) is 4.52. The van der Waals surface area contributed by atoms with Crippen LogP contribution in [-0.4, -0.2) is 33.9 Å². The van der Waals surface area contributed by atoms with Crippen molar-refractivity contribution in [3.05, 3.63) is 71.8 Å². The van der Waals surface area contributed by atoms with Crippen LogP contribution in [0.15, 0.2) is 54.9 Å². The van der Waals surface area contributed by atoms with E-state index in [0.29, 0.717) is 25.9 Å². The number of aromatic amines is 1. The standard InChI is InChI=1S/C21H20FN3O/c22-17-6-3-15(4-7-17)5-8-20(26)25-12-9-16(10-13-25)18-14-24-19-2-1-11-23-21(18)19/h1-4,6-7,9,11,14,24H,5,8,10,12-13H2. The van der Waals surface area contributed by atoms with Crippen LogP contribution in [0.2, 0.25) is 0 Å².